The number of fused-ring (bicyclic) bond motifs is 1. The van der Waals surface area contributed by atoms with Crippen molar-refractivity contribution < 1.29 is 14.3 Å². The third kappa shape index (κ3) is 7.69. The van der Waals surface area contributed by atoms with Gasteiger partial charge in [-0.1, -0.05) is 12.0 Å². The number of nitriles is 1. The number of imidazole rings is 1. The molecule has 0 radical (unpaired) electrons. The molecule has 5 aromatic rings. The minimum absolute atomic E-state index is 0.132. The van der Waals surface area contributed by atoms with E-state index in [1.165, 1.54) is 12.1 Å². The number of rotatable bonds is 9. The zero-order chi connectivity index (χ0) is 35.4. The summed E-state index contributed by atoms with van der Waals surface area (Å²) < 4.78 is 18.9. The molecule has 6 rings (SSSR count). The van der Waals surface area contributed by atoms with E-state index in [1.54, 1.807) is 30.1 Å². The fourth-order valence-corrected chi connectivity index (χ4v) is 6.00. The minimum atomic E-state index is -0.805. The van der Waals surface area contributed by atoms with E-state index in [9.17, 15) is 15.2 Å². The lowest BCUT2D eigenvalue weighted by Crippen LogP contribution is -2.46. The Labute approximate surface area is 291 Å². The molecule has 2 aromatic carbocycles. The Bertz CT molecular complexity index is 2140. The highest BCUT2D eigenvalue weighted by Crippen LogP contribution is 2.28. The summed E-state index contributed by atoms with van der Waals surface area (Å²) in [6.45, 7) is 10.2. The number of anilines is 3. The molecule has 0 saturated carbocycles. The molecule has 0 bridgehead atoms. The summed E-state index contributed by atoms with van der Waals surface area (Å²) in [7, 11) is 1.85. The average Bonchev–Trinajstić information content (AvgIpc) is 3.71. The second-order valence-corrected chi connectivity index (χ2v) is 13.1. The van der Waals surface area contributed by atoms with Crippen molar-refractivity contribution in [2.75, 3.05) is 50.0 Å². The van der Waals surface area contributed by atoms with Crippen LogP contribution in [0.15, 0.2) is 67.3 Å². The van der Waals surface area contributed by atoms with Gasteiger partial charge in [0, 0.05) is 70.0 Å². The first kappa shape index (κ1) is 34.3. The number of hydrogen-bond donors (Lipinski definition) is 3. The lowest BCUT2D eigenvalue weighted by atomic mass is 9.85. The topological polar surface area (TPSA) is 127 Å². The minimum Gasteiger partial charge on any atom is -0.395 e. The number of carbonyl (C=O) groups is 1. The number of halogens is 1. The predicted octanol–water partition coefficient (Wildman–Crippen LogP) is 4.82. The highest BCUT2D eigenvalue weighted by molar-refractivity contribution is 6.05. The number of amides is 1. The largest absolute Gasteiger partial charge is 0.395 e. The molecule has 11 nitrogen and oxygen atoms in total. The Morgan fingerprint density at radius 2 is 1.84 bits per heavy atom. The quantitative estimate of drug-likeness (QED) is 0.190. The molecular weight excluding hydrogens is 633 g/mol. The van der Waals surface area contributed by atoms with Crippen molar-refractivity contribution in [1.29, 1.82) is 5.26 Å². The Balaban J connectivity index is 1.24. The SMILES string of the molecule is Cc1cc(F)c(C(=O)Nc2cc(CN3CCN(CCO)CC3)cc(C(C)(C)C#N)c2)cc1C#Cc1cnc2c(Nc3cnn(C)c3)cccn12. The van der Waals surface area contributed by atoms with Crippen LogP contribution < -0.4 is 10.6 Å². The Hall–Kier alpha value is -5.53. The van der Waals surface area contributed by atoms with Crippen LogP contribution in [0.1, 0.15) is 52.2 Å². The molecule has 1 aliphatic rings. The summed E-state index contributed by atoms with van der Waals surface area (Å²) in [4.78, 5) is 22.7. The van der Waals surface area contributed by atoms with Gasteiger partial charge in [-0.15, -0.1) is 0 Å². The highest BCUT2D eigenvalue weighted by Gasteiger charge is 2.24. The van der Waals surface area contributed by atoms with Gasteiger partial charge in [-0.25, -0.2) is 9.37 Å². The molecule has 1 amide bonds. The number of aliphatic hydroxyl groups excluding tert-OH is 1. The zero-order valence-electron chi connectivity index (χ0n) is 28.7. The van der Waals surface area contributed by atoms with Gasteiger partial charge < -0.3 is 15.7 Å². The summed E-state index contributed by atoms with van der Waals surface area (Å²) in [6.07, 6.45) is 7.13. The van der Waals surface area contributed by atoms with E-state index in [1.807, 2.05) is 62.0 Å². The molecule has 0 unspecified atom stereocenters. The third-order valence-electron chi connectivity index (χ3n) is 8.94. The van der Waals surface area contributed by atoms with Crippen molar-refractivity contribution in [3.05, 3.63) is 107 Å². The van der Waals surface area contributed by atoms with Crippen molar-refractivity contribution in [2.24, 2.45) is 7.05 Å². The number of piperazine rings is 1. The molecule has 0 spiro atoms. The molecule has 3 aromatic heterocycles. The smallest absolute Gasteiger partial charge is 0.258 e. The summed E-state index contributed by atoms with van der Waals surface area (Å²) in [5.41, 5.74) is 5.28. The van der Waals surface area contributed by atoms with Gasteiger partial charge in [0.1, 0.15) is 11.5 Å². The number of nitrogens with zero attached hydrogens (tertiary/aromatic N) is 7. The Morgan fingerprint density at radius 1 is 1.06 bits per heavy atom. The first-order valence-corrected chi connectivity index (χ1v) is 16.5. The average molecular weight is 674 g/mol. The van der Waals surface area contributed by atoms with Crippen LogP contribution in [0.5, 0.6) is 0 Å². The number of carbonyl (C=O) groups excluding carboxylic acids is 1. The van der Waals surface area contributed by atoms with Crippen LogP contribution in [0.2, 0.25) is 0 Å². The summed E-state index contributed by atoms with van der Waals surface area (Å²) in [5, 5.41) is 29.6. The van der Waals surface area contributed by atoms with E-state index in [0.29, 0.717) is 41.2 Å². The summed E-state index contributed by atoms with van der Waals surface area (Å²) in [5.74, 6) is 5.00. The maximum Gasteiger partial charge on any atom is 0.258 e. The Morgan fingerprint density at radius 3 is 2.56 bits per heavy atom. The van der Waals surface area contributed by atoms with Crippen molar-refractivity contribution in [1.82, 2.24) is 29.0 Å². The number of aliphatic hydroxyl groups is 1. The molecule has 4 heterocycles. The van der Waals surface area contributed by atoms with E-state index >= 15 is 4.39 Å². The van der Waals surface area contributed by atoms with Crippen LogP contribution >= 0.6 is 0 Å². The summed E-state index contributed by atoms with van der Waals surface area (Å²) in [6, 6.07) is 14.6. The van der Waals surface area contributed by atoms with Crippen LogP contribution in [-0.2, 0) is 19.0 Å². The maximum absolute atomic E-state index is 15.3. The maximum atomic E-state index is 15.3. The number of benzene rings is 2. The van der Waals surface area contributed by atoms with E-state index in [-0.39, 0.29) is 12.2 Å². The number of aromatic nitrogens is 4. The molecule has 12 heteroatoms. The first-order chi connectivity index (χ1) is 24.0. The molecule has 3 N–H and O–H groups in total. The number of nitrogens with one attached hydrogen (secondary N) is 2. The van der Waals surface area contributed by atoms with Gasteiger partial charge in [0.15, 0.2) is 5.65 Å². The van der Waals surface area contributed by atoms with Crippen LogP contribution in [0.25, 0.3) is 5.65 Å². The van der Waals surface area contributed by atoms with Crippen molar-refractivity contribution >= 4 is 28.6 Å². The lowest BCUT2D eigenvalue weighted by molar-refractivity contribution is 0.102. The van der Waals surface area contributed by atoms with Crippen molar-refractivity contribution in [2.45, 2.75) is 32.7 Å². The normalized spacial score (nSPS) is 13.9. The van der Waals surface area contributed by atoms with Crippen LogP contribution in [-0.4, -0.2) is 79.3 Å². The fraction of sp³-hybridized carbons (Fsp3) is 0.316. The first-order valence-electron chi connectivity index (χ1n) is 16.5. The number of aryl methyl sites for hydroxylation is 2. The standard InChI is InChI=1S/C38H40FN9O2/c1-26-16-34(39)33(19-28(26)7-8-32-22-41-36-35(6-5-9-48(32)36)43-31-21-42-45(4)24-31)37(50)44-30-18-27(17-29(20-30)38(2,3)25-40)23-47-12-10-46(11-13-47)14-15-49/h5-6,9,16-22,24,43,49H,10-15,23H2,1-4H3,(H,44,50). The molecule has 50 heavy (non-hydrogen) atoms. The molecule has 1 saturated heterocycles. The fourth-order valence-electron chi connectivity index (χ4n) is 6.00. The highest BCUT2D eigenvalue weighted by atomic mass is 19.1. The van der Waals surface area contributed by atoms with Crippen LogP contribution in [0.4, 0.5) is 21.5 Å². The second-order valence-electron chi connectivity index (χ2n) is 13.1. The monoisotopic (exact) mass is 673 g/mol. The zero-order valence-corrected chi connectivity index (χ0v) is 28.7. The van der Waals surface area contributed by atoms with Crippen LogP contribution in [0.3, 0.4) is 0 Å². The van der Waals surface area contributed by atoms with Gasteiger partial charge in [-0.3, -0.25) is 23.7 Å². The molecule has 1 fully saturated rings. The summed E-state index contributed by atoms with van der Waals surface area (Å²) >= 11 is 0. The van der Waals surface area contributed by atoms with Gasteiger partial charge in [-0.2, -0.15) is 10.4 Å². The molecular formula is C38H40FN9O2. The third-order valence-corrected chi connectivity index (χ3v) is 8.94. The molecule has 1 aliphatic heterocycles. The van der Waals surface area contributed by atoms with Gasteiger partial charge in [0.25, 0.3) is 5.91 Å². The van der Waals surface area contributed by atoms with E-state index in [0.717, 1.165) is 48.7 Å². The van der Waals surface area contributed by atoms with Crippen molar-refractivity contribution in [3.8, 4) is 17.9 Å². The van der Waals surface area contributed by atoms with Gasteiger partial charge in [-0.05, 0) is 79.8 Å². The van der Waals surface area contributed by atoms with Gasteiger partial charge in [0.05, 0.1) is 47.4 Å². The van der Waals surface area contributed by atoms with Gasteiger partial charge in [0.2, 0.25) is 0 Å². The molecule has 0 atom stereocenters. The van der Waals surface area contributed by atoms with E-state index < -0.39 is 17.1 Å². The lowest BCUT2D eigenvalue weighted by Gasteiger charge is -2.34. The number of hydrogen-bond acceptors (Lipinski definition) is 8. The second kappa shape index (κ2) is 14.5. The molecule has 0 aliphatic carbocycles. The van der Waals surface area contributed by atoms with E-state index in [4.69, 9.17) is 0 Å². The predicted molar refractivity (Wildman–Crippen MR) is 191 cm³/mol. The van der Waals surface area contributed by atoms with E-state index in [2.05, 4.69) is 48.4 Å². The Kier molecular flexibility index (Phi) is 9.98. The van der Waals surface area contributed by atoms with Crippen molar-refractivity contribution in [3.63, 3.8) is 0 Å². The number of β-amino-alcohol motifs (C(OH)–C–C–N with tert-alkyl or cyclic N) is 1. The number of pyridine rings is 1. The molecule has 256 valence electrons. The van der Waals surface area contributed by atoms with Gasteiger partial charge >= 0.3 is 0 Å². The van der Waals surface area contributed by atoms with Crippen LogP contribution in [0, 0.1) is 35.9 Å².